The van der Waals surface area contributed by atoms with Crippen molar-refractivity contribution in [1.29, 1.82) is 10.5 Å². The average Bonchev–Trinajstić information content (AvgIpc) is 2.77. The molecule has 2 rings (SSSR count). The fraction of sp³-hybridized carbons (Fsp3) is 0.130. The predicted octanol–water partition coefficient (Wildman–Crippen LogP) is 4.13. The summed E-state index contributed by atoms with van der Waals surface area (Å²) in [6.07, 6.45) is 3.36. The number of nitriles is 2. The van der Waals surface area contributed by atoms with Gasteiger partial charge in [0.1, 0.15) is 23.3 Å². The summed E-state index contributed by atoms with van der Waals surface area (Å²) in [6.45, 7) is 0.503. The van der Waals surface area contributed by atoms with Crippen molar-refractivity contribution in [3.63, 3.8) is 0 Å². The number of carbonyl (C=O) groups is 2. The number of amides is 2. The van der Waals surface area contributed by atoms with Gasteiger partial charge < -0.3 is 10.6 Å². The second-order valence-corrected chi connectivity index (χ2v) is 7.18. The molecule has 6 nitrogen and oxygen atoms in total. The number of nitrogens with one attached hydrogen (secondary N) is 2. The zero-order valence-corrected chi connectivity index (χ0v) is 17.9. The van der Waals surface area contributed by atoms with E-state index in [1.54, 1.807) is 48.5 Å². The molecule has 0 saturated carbocycles. The second-order valence-electron chi connectivity index (χ2n) is 6.31. The number of benzene rings is 2. The van der Waals surface area contributed by atoms with Crippen LogP contribution in [0.3, 0.4) is 0 Å². The zero-order chi connectivity index (χ0) is 22.6. The van der Waals surface area contributed by atoms with E-state index >= 15 is 0 Å². The molecule has 0 aromatic heterocycles. The molecule has 0 spiro atoms. The largest absolute Gasteiger partial charge is 0.351 e. The van der Waals surface area contributed by atoms with E-state index in [2.05, 4.69) is 10.6 Å². The summed E-state index contributed by atoms with van der Waals surface area (Å²) in [4.78, 5) is 24.3. The monoisotopic (exact) mass is 452 g/mol. The molecule has 0 heterocycles. The molecule has 2 amide bonds. The molecule has 0 unspecified atom stereocenters. The minimum absolute atomic E-state index is 0.0379. The standard InChI is InChI=1S/C23H18Cl2N4O2/c24-20-6-2-16(3-7-20)12-18(14-26)22(30)28-10-1-11-29-23(31)19(15-27)13-17-4-8-21(25)9-5-17/h2-9,12-13H,1,10-11H2,(H,28,30)(H,29,31)/b18-12+,19-13+. The van der Waals surface area contributed by atoms with Crippen LogP contribution in [0, 0.1) is 22.7 Å². The molecule has 0 bridgehead atoms. The zero-order valence-electron chi connectivity index (χ0n) is 16.4. The van der Waals surface area contributed by atoms with Gasteiger partial charge in [-0.3, -0.25) is 9.59 Å². The van der Waals surface area contributed by atoms with Crippen molar-refractivity contribution in [2.75, 3.05) is 13.1 Å². The van der Waals surface area contributed by atoms with Gasteiger partial charge in [0.25, 0.3) is 11.8 Å². The minimum atomic E-state index is -0.510. The van der Waals surface area contributed by atoms with Crippen LogP contribution in [0.5, 0.6) is 0 Å². The maximum absolute atomic E-state index is 12.1. The van der Waals surface area contributed by atoms with Crippen LogP contribution < -0.4 is 10.6 Å². The van der Waals surface area contributed by atoms with Crippen LogP contribution in [0.4, 0.5) is 0 Å². The van der Waals surface area contributed by atoms with Gasteiger partial charge in [-0.1, -0.05) is 47.5 Å². The number of nitrogens with zero attached hydrogens (tertiary/aromatic N) is 2. The lowest BCUT2D eigenvalue weighted by Crippen LogP contribution is -2.30. The summed E-state index contributed by atoms with van der Waals surface area (Å²) in [5.41, 5.74) is 1.28. The number of hydrogen-bond donors (Lipinski definition) is 2. The van der Waals surface area contributed by atoms with Gasteiger partial charge in [0.2, 0.25) is 0 Å². The summed E-state index contributed by atoms with van der Waals surface area (Å²) in [7, 11) is 0. The van der Waals surface area contributed by atoms with Gasteiger partial charge in [-0.15, -0.1) is 0 Å². The van der Waals surface area contributed by atoms with Crippen LogP contribution in [-0.4, -0.2) is 24.9 Å². The molecule has 156 valence electrons. The third-order valence-electron chi connectivity index (χ3n) is 4.02. The summed E-state index contributed by atoms with van der Waals surface area (Å²) < 4.78 is 0. The first-order valence-electron chi connectivity index (χ1n) is 9.24. The lowest BCUT2D eigenvalue weighted by Gasteiger charge is -2.06. The molecule has 0 aliphatic carbocycles. The average molecular weight is 453 g/mol. The van der Waals surface area contributed by atoms with E-state index in [0.717, 1.165) is 0 Å². The van der Waals surface area contributed by atoms with Gasteiger partial charge in [-0.25, -0.2) is 0 Å². The molecule has 8 heteroatoms. The van der Waals surface area contributed by atoms with Crippen LogP contribution in [0.2, 0.25) is 10.0 Å². The summed E-state index contributed by atoms with van der Waals surface area (Å²) >= 11 is 11.6. The Kier molecular flexibility index (Phi) is 9.32. The molecule has 2 N–H and O–H groups in total. The summed E-state index contributed by atoms with van der Waals surface area (Å²) in [5, 5.41) is 24.8. The predicted molar refractivity (Wildman–Crippen MR) is 121 cm³/mol. The van der Waals surface area contributed by atoms with Crippen molar-refractivity contribution in [3.05, 3.63) is 80.8 Å². The molecule has 31 heavy (non-hydrogen) atoms. The number of rotatable bonds is 8. The SMILES string of the molecule is N#C/C(=C\c1ccc(Cl)cc1)C(=O)NCCCNC(=O)/C(C#N)=C/c1ccc(Cl)cc1. The Labute approximate surface area is 190 Å². The molecule has 0 saturated heterocycles. The molecule has 0 aliphatic heterocycles. The Balaban J connectivity index is 1.81. The molecule has 0 radical (unpaired) electrons. The van der Waals surface area contributed by atoms with Gasteiger partial charge >= 0.3 is 0 Å². The van der Waals surface area contributed by atoms with Crippen LogP contribution in [0.15, 0.2) is 59.7 Å². The van der Waals surface area contributed by atoms with Gasteiger partial charge in [0.15, 0.2) is 0 Å². The van der Waals surface area contributed by atoms with Gasteiger partial charge in [0, 0.05) is 23.1 Å². The quantitative estimate of drug-likeness (QED) is 0.356. The van der Waals surface area contributed by atoms with E-state index in [1.165, 1.54) is 12.2 Å². The Morgan fingerprint density at radius 3 is 1.42 bits per heavy atom. The maximum atomic E-state index is 12.1. The fourth-order valence-corrected chi connectivity index (χ4v) is 2.68. The maximum Gasteiger partial charge on any atom is 0.261 e. The smallest absolute Gasteiger partial charge is 0.261 e. The number of hydrogen-bond acceptors (Lipinski definition) is 4. The Morgan fingerprint density at radius 1 is 0.742 bits per heavy atom. The molecule has 0 atom stereocenters. The third-order valence-corrected chi connectivity index (χ3v) is 4.52. The lowest BCUT2D eigenvalue weighted by molar-refractivity contribution is -0.117. The molecule has 0 fully saturated rings. The van der Waals surface area contributed by atoms with E-state index in [4.69, 9.17) is 23.2 Å². The van der Waals surface area contributed by atoms with Crippen LogP contribution in [-0.2, 0) is 9.59 Å². The molecular formula is C23H18Cl2N4O2. The highest BCUT2D eigenvalue weighted by Crippen LogP contribution is 2.13. The van der Waals surface area contributed by atoms with Crippen molar-refractivity contribution in [3.8, 4) is 12.1 Å². The van der Waals surface area contributed by atoms with E-state index in [9.17, 15) is 20.1 Å². The van der Waals surface area contributed by atoms with E-state index in [1.807, 2.05) is 12.1 Å². The van der Waals surface area contributed by atoms with Crippen molar-refractivity contribution < 1.29 is 9.59 Å². The van der Waals surface area contributed by atoms with Gasteiger partial charge in [-0.2, -0.15) is 10.5 Å². The van der Waals surface area contributed by atoms with Crippen molar-refractivity contribution >= 4 is 47.2 Å². The molecular weight excluding hydrogens is 435 g/mol. The normalized spacial score (nSPS) is 11.2. The fourth-order valence-electron chi connectivity index (χ4n) is 2.43. The highest BCUT2D eigenvalue weighted by Gasteiger charge is 2.10. The highest BCUT2D eigenvalue weighted by molar-refractivity contribution is 6.30. The summed E-state index contributed by atoms with van der Waals surface area (Å²) in [5.74, 6) is -1.02. The topological polar surface area (TPSA) is 106 Å². The molecule has 0 aliphatic rings. The summed E-state index contributed by atoms with van der Waals surface area (Å²) in [6, 6.07) is 17.2. The van der Waals surface area contributed by atoms with Gasteiger partial charge in [0.05, 0.1) is 0 Å². The minimum Gasteiger partial charge on any atom is -0.351 e. The first-order chi connectivity index (χ1) is 14.9. The van der Waals surface area contributed by atoms with Crippen molar-refractivity contribution in [1.82, 2.24) is 10.6 Å². The number of halogens is 2. The first-order valence-corrected chi connectivity index (χ1v) is 9.99. The third kappa shape index (κ3) is 7.98. The molecule has 2 aromatic carbocycles. The molecule has 2 aromatic rings. The Morgan fingerprint density at radius 2 is 1.10 bits per heavy atom. The van der Waals surface area contributed by atoms with E-state index in [-0.39, 0.29) is 24.2 Å². The lowest BCUT2D eigenvalue weighted by atomic mass is 10.1. The first kappa shape index (κ1) is 23.7. The van der Waals surface area contributed by atoms with Crippen LogP contribution in [0.25, 0.3) is 12.2 Å². The van der Waals surface area contributed by atoms with Crippen LogP contribution >= 0.6 is 23.2 Å². The number of carbonyl (C=O) groups excluding carboxylic acids is 2. The van der Waals surface area contributed by atoms with E-state index < -0.39 is 11.8 Å². The Bertz CT molecular complexity index is 989. The Hall–Kier alpha value is -3.58. The van der Waals surface area contributed by atoms with Crippen molar-refractivity contribution in [2.45, 2.75) is 6.42 Å². The van der Waals surface area contributed by atoms with Crippen LogP contribution in [0.1, 0.15) is 17.5 Å². The van der Waals surface area contributed by atoms with E-state index in [0.29, 0.717) is 27.6 Å². The second kappa shape index (κ2) is 12.2. The van der Waals surface area contributed by atoms with Gasteiger partial charge in [-0.05, 0) is 54.0 Å². The highest BCUT2D eigenvalue weighted by atomic mass is 35.5. The van der Waals surface area contributed by atoms with Crippen molar-refractivity contribution in [2.24, 2.45) is 0 Å².